The molecule has 0 aromatic heterocycles. The van der Waals surface area contributed by atoms with Crippen molar-refractivity contribution in [1.82, 2.24) is 0 Å². The summed E-state index contributed by atoms with van der Waals surface area (Å²) >= 11 is 0. The fourth-order valence-corrected chi connectivity index (χ4v) is 0. The van der Waals surface area contributed by atoms with E-state index in [0.29, 0.717) is 0 Å². The van der Waals surface area contributed by atoms with Gasteiger partial charge in [0.25, 0.3) is 0 Å². The maximum atomic E-state index is 8.55. The molecule has 0 atom stereocenters. The first kappa shape index (κ1) is 15.7. The van der Waals surface area contributed by atoms with Gasteiger partial charge in [-0.15, -0.1) is 0 Å². The van der Waals surface area contributed by atoms with Gasteiger partial charge in [-0.05, 0) is 0 Å². The zero-order chi connectivity index (χ0) is 4.50. The maximum absolute atomic E-state index is 8.55. The Kier molecular flexibility index (Phi) is 12.1. The molecule has 37 valence electrons. The standard InChI is InChI=1S/Fe.Li.H3O4P/c;;1-5(2,3)4/h;;(H3,1,2,3,4)/q+3;+1;/p-3. The minimum Gasteiger partial charge on any atom is -0.822 e. The molecule has 0 saturated carbocycles. The number of hydrogen-bond donors (Lipinski definition) is 0. The molecule has 0 bridgehead atoms. The monoisotopic (exact) mass is 158 g/mol. The Morgan fingerprint density at radius 1 is 1.14 bits per heavy atom. The molecule has 0 amide bonds. The van der Waals surface area contributed by atoms with Crippen LogP contribution in [0, 0.1) is 0 Å². The second-order valence-corrected chi connectivity index (χ2v) is 1.34. The number of phosphoric acid groups is 1. The fraction of sp³-hybridized carbons (Fsp3) is 0. The summed E-state index contributed by atoms with van der Waals surface area (Å²) in [5.41, 5.74) is 0. The van der Waals surface area contributed by atoms with E-state index in [2.05, 4.69) is 0 Å². The van der Waals surface area contributed by atoms with Crippen LogP contribution < -0.4 is 33.5 Å². The largest absolute Gasteiger partial charge is 3.00 e. The molecule has 0 saturated heterocycles. The molecule has 1 radical (unpaired) electrons. The second-order valence-electron chi connectivity index (χ2n) is 0.447. The SMILES string of the molecule is O=P([O-])([O-])[O-].[Fe+3].[Li+]. The molecule has 0 N–H and O–H groups in total. The van der Waals surface area contributed by atoms with E-state index in [9.17, 15) is 0 Å². The maximum Gasteiger partial charge on any atom is 3.00 e. The van der Waals surface area contributed by atoms with E-state index < -0.39 is 7.82 Å². The van der Waals surface area contributed by atoms with Crippen molar-refractivity contribution >= 4 is 7.82 Å². The van der Waals surface area contributed by atoms with Crippen LogP contribution in [-0.2, 0) is 21.6 Å². The third kappa shape index (κ3) is 131. The third-order valence-electron chi connectivity index (χ3n) is 0. The predicted molar refractivity (Wildman–Crippen MR) is 7.61 cm³/mol. The summed E-state index contributed by atoms with van der Waals surface area (Å²) in [5, 5.41) is 0. The van der Waals surface area contributed by atoms with Crippen molar-refractivity contribution < 1.29 is 55.2 Å². The summed E-state index contributed by atoms with van der Waals surface area (Å²) in [4.78, 5) is 25.6. The molecule has 7 heavy (non-hydrogen) atoms. The van der Waals surface area contributed by atoms with Crippen LogP contribution in [-0.4, -0.2) is 0 Å². The van der Waals surface area contributed by atoms with E-state index in [4.69, 9.17) is 19.2 Å². The minimum atomic E-state index is -5.39. The van der Waals surface area contributed by atoms with Crippen LogP contribution in [0.25, 0.3) is 0 Å². The molecular weight excluding hydrogens is 158 g/mol. The van der Waals surface area contributed by atoms with Crippen molar-refractivity contribution in [3.8, 4) is 0 Å². The smallest absolute Gasteiger partial charge is 0.822 e. The van der Waals surface area contributed by atoms with Crippen molar-refractivity contribution in [1.29, 1.82) is 0 Å². The van der Waals surface area contributed by atoms with Gasteiger partial charge in [-0.3, -0.25) is 0 Å². The van der Waals surface area contributed by atoms with E-state index in [-0.39, 0.29) is 35.9 Å². The molecule has 0 aliphatic carbocycles. The van der Waals surface area contributed by atoms with Gasteiger partial charge in [-0.25, -0.2) is 0 Å². The molecular formula is FeLiO4P+. The predicted octanol–water partition coefficient (Wildman–Crippen LogP) is -5.82. The van der Waals surface area contributed by atoms with Crippen LogP contribution in [0.15, 0.2) is 0 Å². The summed E-state index contributed by atoms with van der Waals surface area (Å²) in [5.74, 6) is 0. The zero-order valence-corrected chi connectivity index (χ0v) is 5.43. The molecule has 7 heteroatoms. The van der Waals surface area contributed by atoms with Crippen molar-refractivity contribution in [3.63, 3.8) is 0 Å². The van der Waals surface area contributed by atoms with Crippen LogP contribution in [0.1, 0.15) is 0 Å². The molecule has 0 fully saturated rings. The van der Waals surface area contributed by atoms with Gasteiger partial charge in [-0.1, -0.05) is 0 Å². The van der Waals surface area contributed by atoms with E-state index in [0.717, 1.165) is 0 Å². The van der Waals surface area contributed by atoms with Crippen molar-refractivity contribution in [2.24, 2.45) is 0 Å². The Bertz CT molecular complexity index is 57.8. The van der Waals surface area contributed by atoms with E-state index >= 15 is 0 Å². The van der Waals surface area contributed by atoms with Gasteiger partial charge < -0.3 is 19.2 Å². The molecule has 0 unspecified atom stereocenters. The van der Waals surface area contributed by atoms with Crippen molar-refractivity contribution in [2.75, 3.05) is 0 Å². The van der Waals surface area contributed by atoms with Gasteiger partial charge in [0.2, 0.25) is 0 Å². The van der Waals surface area contributed by atoms with Crippen LogP contribution >= 0.6 is 7.82 Å². The van der Waals surface area contributed by atoms with E-state index in [1.54, 1.807) is 0 Å². The van der Waals surface area contributed by atoms with E-state index in [1.165, 1.54) is 0 Å². The first-order valence-electron chi connectivity index (χ1n) is 0.730. The third-order valence-corrected chi connectivity index (χ3v) is 0. The summed E-state index contributed by atoms with van der Waals surface area (Å²) in [6.07, 6.45) is 0. The molecule has 0 rings (SSSR count). The first-order valence-corrected chi connectivity index (χ1v) is 2.19. The Morgan fingerprint density at radius 3 is 1.14 bits per heavy atom. The fourth-order valence-electron chi connectivity index (χ4n) is 0. The molecule has 0 heterocycles. The van der Waals surface area contributed by atoms with Gasteiger partial charge >= 0.3 is 35.9 Å². The summed E-state index contributed by atoms with van der Waals surface area (Å²) in [7, 11) is -5.39. The van der Waals surface area contributed by atoms with Gasteiger partial charge in [0.05, 0.1) is 0 Å². The first-order chi connectivity index (χ1) is 2.00. The Hall–Kier alpha value is 1.23. The Balaban J connectivity index is -0.0000000800. The average molecular weight is 158 g/mol. The molecule has 0 aliphatic rings. The van der Waals surface area contributed by atoms with Crippen molar-refractivity contribution in [3.05, 3.63) is 0 Å². The topological polar surface area (TPSA) is 86.2 Å². The molecule has 4 nitrogen and oxygen atoms in total. The number of hydrogen-bond acceptors (Lipinski definition) is 4. The summed E-state index contributed by atoms with van der Waals surface area (Å²) < 4.78 is 8.55. The Labute approximate surface area is 63.2 Å². The van der Waals surface area contributed by atoms with Gasteiger partial charge in [0, 0.05) is 0 Å². The average Bonchev–Trinajstić information content (AvgIpc) is 0.722. The normalized spacial score (nSPS) is 8.43. The quantitative estimate of drug-likeness (QED) is 0.259. The van der Waals surface area contributed by atoms with Crippen LogP contribution in [0.4, 0.5) is 0 Å². The Morgan fingerprint density at radius 2 is 1.14 bits per heavy atom. The zero-order valence-electron chi connectivity index (χ0n) is 3.43. The van der Waals surface area contributed by atoms with Crippen LogP contribution in [0.2, 0.25) is 0 Å². The molecule has 0 aromatic carbocycles. The van der Waals surface area contributed by atoms with Gasteiger partial charge in [0.1, 0.15) is 0 Å². The second kappa shape index (κ2) is 5.37. The van der Waals surface area contributed by atoms with Crippen LogP contribution in [0.3, 0.4) is 0 Å². The molecule has 0 aromatic rings. The van der Waals surface area contributed by atoms with Gasteiger partial charge in [0.15, 0.2) is 0 Å². The summed E-state index contributed by atoms with van der Waals surface area (Å²) in [6.45, 7) is 0. The number of rotatable bonds is 0. The summed E-state index contributed by atoms with van der Waals surface area (Å²) in [6, 6.07) is 0. The minimum absolute atomic E-state index is 0. The van der Waals surface area contributed by atoms with E-state index in [1.807, 2.05) is 0 Å². The van der Waals surface area contributed by atoms with Gasteiger partial charge in [-0.2, -0.15) is 7.82 Å². The molecule has 0 aliphatic heterocycles. The van der Waals surface area contributed by atoms with Crippen LogP contribution in [0.5, 0.6) is 0 Å². The molecule has 0 spiro atoms. The van der Waals surface area contributed by atoms with Crippen molar-refractivity contribution in [2.45, 2.75) is 0 Å².